The number of amides is 1. The molecule has 0 bridgehead atoms. The third-order valence-electron chi connectivity index (χ3n) is 3.07. The Bertz CT molecular complexity index is 739. The molecule has 0 saturated carbocycles. The molecule has 1 atom stereocenters. The van der Waals surface area contributed by atoms with Crippen LogP contribution in [0.3, 0.4) is 0 Å². The number of thioether (sulfide) groups is 1. The van der Waals surface area contributed by atoms with Crippen molar-refractivity contribution in [3.8, 4) is 23.7 Å². The molecule has 23 heavy (non-hydrogen) atoms. The van der Waals surface area contributed by atoms with Gasteiger partial charge in [0.15, 0.2) is 0 Å². The Morgan fingerprint density at radius 1 is 1.57 bits per heavy atom. The van der Waals surface area contributed by atoms with Crippen molar-refractivity contribution in [2.24, 2.45) is 0 Å². The SMILES string of the molecule is C#CCNC(=O)CSC(C)c1nc(-c2ccc(C)c(F)c2)no1. The van der Waals surface area contributed by atoms with Crippen molar-refractivity contribution in [2.45, 2.75) is 19.1 Å². The lowest BCUT2D eigenvalue weighted by Crippen LogP contribution is -2.25. The molecule has 0 aliphatic heterocycles. The van der Waals surface area contributed by atoms with Gasteiger partial charge in [-0.3, -0.25) is 4.79 Å². The van der Waals surface area contributed by atoms with E-state index >= 15 is 0 Å². The van der Waals surface area contributed by atoms with Gasteiger partial charge in [-0.1, -0.05) is 23.2 Å². The first kappa shape index (κ1) is 17.0. The molecule has 1 aromatic heterocycles. The van der Waals surface area contributed by atoms with Gasteiger partial charge in [0.1, 0.15) is 5.82 Å². The lowest BCUT2D eigenvalue weighted by molar-refractivity contribution is -0.118. The summed E-state index contributed by atoms with van der Waals surface area (Å²) in [5.41, 5.74) is 1.10. The normalized spacial score (nSPS) is 11.7. The summed E-state index contributed by atoms with van der Waals surface area (Å²) < 4.78 is 18.8. The van der Waals surface area contributed by atoms with Crippen LogP contribution in [-0.2, 0) is 4.79 Å². The van der Waals surface area contributed by atoms with Crippen molar-refractivity contribution in [3.63, 3.8) is 0 Å². The molecule has 1 N–H and O–H groups in total. The van der Waals surface area contributed by atoms with Crippen LogP contribution in [0.4, 0.5) is 4.39 Å². The molecule has 0 spiro atoms. The second kappa shape index (κ2) is 7.79. The molecule has 0 radical (unpaired) electrons. The first-order valence-electron chi connectivity index (χ1n) is 6.93. The quantitative estimate of drug-likeness (QED) is 0.823. The minimum absolute atomic E-state index is 0.153. The number of terminal acetylenes is 1. The lowest BCUT2D eigenvalue weighted by atomic mass is 10.1. The summed E-state index contributed by atoms with van der Waals surface area (Å²) in [4.78, 5) is 15.8. The first-order valence-corrected chi connectivity index (χ1v) is 7.98. The third kappa shape index (κ3) is 4.57. The number of aromatic nitrogens is 2. The Morgan fingerprint density at radius 3 is 3.04 bits per heavy atom. The number of aryl methyl sites for hydroxylation is 1. The zero-order valence-corrected chi connectivity index (χ0v) is 13.6. The number of nitrogens with zero attached hydrogens (tertiary/aromatic N) is 2. The summed E-state index contributed by atoms with van der Waals surface area (Å²) in [7, 11) is 0. The Morgan fingerprint density at radius 2 is 2.35 bits per heavy atom. The van der Waals surface area contributed by atoms with E-state index in [-0.39, 0.29) is 29.3 Å². The van der Waals surface area contributed by atoms with Crippen LogP contribution in [0.2, 0.25) is 0 Å². The lowest BCUT2D eigenvalue weighted by Gasteiger charge is -2.05. The number of nitrogens with one attached hydrogen (secondary N) is 1. The van der Waals surface area contributed by atoms with E-state index in [2.05, 4.69) is 21.4 Å². The molecule has 1 aromatic carbocycles. The predicted molar refractivity (Wildman–Crippen MR) is 87.1 cm³/mol. The van der Waals surface area contributed by atoms with Gasteiger partial charge in [-0.25, -0.2) is 4.39 Å². The fraction of sp³-hybridized carbons (Fsp3) is 0.312. The van der Waals surface area contributed by atoms with Crippen LogP contribution in [-0.4, -0.2) is 28.3 Å². The van der Waals surface area contributed by atoms with Crippen molar-refractivity contribution in [2.75, 3.05) is 12.3 Å². The fourth-order valence-corrected chi connectivity index (χ4v) is 2.46. The van der Waals surface area contributed by atoms with Crippen molar-refractivity contribution < 1.29 is 13.7 Å². The highest BCUT2D eigenvalue weighted by atomic mass is 32.2. The largest absolute Gasteiger partial charge is 0.344 e. The minimum Gasteiger partial charge on any atom is -0.344 e. The highest BCUT2D eigenvalue weighted by Gasteiger charge is 2.17. The zero-order valence-electron chi connectivity index (χ0n) is 12.8. The van der Waals surface area contributed by atoms with Crippen molar-refractivity contribution in [1.82, 2.24) is 15.5 Å². The van der Waals surface area contributed by atoms with E-state index in [0.717, 1.165) is 0 Å². The number of rotatable bonds is 6. The van der Waals surface area contributed by atoms with E-state index in [9.17, 15) is 9.18 Å². The molecule has 1 heterocycles. The van der Waals surface area contributed by atoms with Crippen LogP contribution in [0.15, 0.2) is 22.7 Å². The van der Waals surface area contributed by atoms with Crippen LogP contribution in [0, 0.1) is 25.1 Å². The standard InChI is InChI=1S/C16H16FN3O2S/c1-4-7-18-14(21)9-23-11(3)16-19-15(20-22-16)12-6-5-10(2)13(17)8-12/h1,5-6,8,11H,7,9H2,2-3H3,(H,18,21). The molecule has 0 aliphatic rings. The molecular formula is C16H16FN3O2S. The highest BCUT2D eigenvalue weighted by molar-refractivity contribution is 8.00. The molecule has 2 rings (SSSR count). The van der Waals surface area contributed by atoms with Gasteiger partial charge >= 0.3 is 0 Å². The van der Waals surface area contributed by atoms with E-state index in [4.69, 9.17) is 10.9 Å². The average Bonchev–Trinajstić information content (AvgIpc) is 3.03. The number of hydrogen-bond donors (Lipinski definition) is 1. The number of benzene rings is 1. The maximum absolute atomic E-state index is 13.6. The Balaban J connectivity index is 1.99. The molecular weight excluding hydrogens is 317 g/mol. The predicted octanol–water partition coefficient (Wildman–Crippen LogP) is 2.73. The molecule has 7 heteroatoms. The molecule has 5 nitrogen and oxygen atoms in total. The van der Waals surface area contributed by atoms with Gasteiger partial charge in [-0.15, -0.1) is 18.2 Å². The van der Waals surface area contributed by atoms with E-state index in [1.165, 1.54) is 17.8 Å². The van der Waals surface area contributed by atoms with Gasteiger partial charge in [0, 0.05) is 5.56 Å². The molecule has 0 fully saturated rings. The summed E-state index contributed by atoms with van der Waals surface area (Å²) in [5.74, 6) is 2.81. The van der Waals surface area contributed by atoms with E-state index in [1.807, 2.05) is 6.92 Å². The Labute approximate surface area is 138 Å². The maximum atomic E-state index is 13.6. The fourth-order valence-electron chi connectivity index (χ4n) is 1.72. The summed E-state index contributed by atoms with van der Waals surface area (Å²) in [6, 6.07) is 4.77. The molecule has 1 amide bonds. The van der Waals surface area contributed by atoms with E-state index in [1.54, 1.807) is 19.1 Å². The third-order valence-corrected chi connectivity index (χ3v) is 4.20. The van der Waals surface area contributed by atoms with Gasteiger partial charge in [-0.05, 0) is 25.5 Å². The van der Waals surface area contributed by atoms with Crippen LogP contribution in [0.25, 0.3) is 11.4 Å². The summed E-state index contributed by atoms with van der Waals surface area (Å²) in [6.45, 7) is 3.74. The molecule has 0 saturated heterocycles. The van der Waals surface area contributed by atoms with Gasteiger partial charge in [0.25, 0.3) is 0 Å². The number of hydrogen-bond acceptors (Lipinski definition) is 5. The maximum Gasteiger partial charge on any atom is 0.239 e. The van der Waals surface area contributed by atoms with Gasteiger partial charge in [0.05, 0.1) is 17.5 Å². The molecule has 120 valence electrons. The van der Waals surface area contributed by atoms with E-state index in [0.29, 0.717) is 22.8 Å². The van der Waals surface area contributed by atoms with Crippen LogP contribution < -0.4 is 5.32 Å². The zero-order chi connectivity index (χ0) is 16.8. The van der Waals surface area contributed by atoms with Gasteiger partial charge in [-0.2, -0.15) is 4.98 Å². The van der Waals surface area contributed by atoms with Crippen LogP contribution in [0.1, 0.15) is 23.6 Å². The molecule has 1 unspecified atom stereocenters. The Hall–Kier alpha value is -2.33. The summed E-state index contributed by atoms with van der Waals surface area (Å²) >= 11 is 1.35. The molecule has 0 aliphatic carbocycles. The average molecular weight is 333 g/mol. The Kier molecular flexibility index (Phi) is 5.77. The van der Waals surface area contributed by atoms with Crippen molar-refractivity contribution in [3.05, 3.63) is 35.5 Å². The first-order chi connectivity index (χ1) is 11.0. The number of carbonyl (C=O) groups is 1. The van der Waals surface area contributed by atoms with Crippen molar-refractivity contribution in [1.29, 1.82) is 0 Å². The molecule has 2 aromatic rings. The summed E-state index contributed by atoms with van der Waals surface area (Å²) in [5, 5.41) is 6.28. The monoisotopic (exact) mass is 333 g/mol. The summed E-state index contributed by atoms with van der Waals surface area (Å²) in [6.07, 6.45) is 5.07. The minimum atomic E-state index is -0.318. The topological polar surface area (TPSA) is 68.0 Å². The smallest absolute Gasteiger partial charge is 0.239 e. The van der Waals surface area contributed by atoms with E-state index < -0.39 is 0 Å². The number of halogens is 1. The number of carbonyl (C=O) groups excluding carboxylic acids is 1. The van der Waals surface area contributed by atoms with Gasteiger partial charge in [0.2, 0.25) is 17.6 Å². The van der Waals surface area contributed by atoms with Crippen molar-refractivity contribution >= 4 is 17.7 Å². The highest BCUT2D eigenvalue weighted by Crippen LogP contribution is 2.28. The van der Waals surface area contributed by atoms with Crippen LogP contribution >= 0.6 is 11.8 Å². The van der Waals surface area contributed by atoms with Gasteiger partial charge < -0.3 is 9.84 Å². The second-order valence-corrected chi connectivity index (χ2v) is 6.18. The second-order valence-electron chi connectivity index (χ2n) is 4.85. The van der Waals surface area contributed by atoms with Crippen LogP contribution in [0.5, 0.6) is 0 Å².